The fourth-order valence-corrected chi connectivity index (χ4v) is 4.38. The predicted octanol–water partition coefficient (Wildman–Crippen LogP) is 5.01. The summed E-state index contributed by atoms with van der Waals surface area (Å²) in [6.45, 7) is 7.56. The first-order chi connectivity index (χ1) is 14.8. The number of nitrogens with zero attached hydrogens (tertiary/aromatic N) is 2. The van der Waals surface area contributed by atoms with Crippen LogP contribution in [-0.4, -0.2) is 42.6 Å². The highest BCUT2D eigenvalue weighted by molar-refractivity contribution is 6.31. The number of hydrogen-bond donors (Lipinski definition) is 1. The fourth-order valence-electron chi connectivity index (χ4n) is 4.22. The van der Waals surface area contributed by atoms with E-state index in [1.54, 1.807) is 23.1 Å². The Kier molecular flexibility index (Phi) is 6.10. The van der Waals surface area contributed by atoms with Crippen molar-refractivity contribution in [2.24, 2.45) is 5.92 Å². The molecule has 1 N–H and O–H groups in total. The van der Waals surface area contributed by atoms with E-state index in [1.165, 1.54) is 0 Å². The highest BCUT2D eigenvalue weighted by Crippen LogP contribution is 2.36. The van der Waals surface area contributed by atoms with E-state index in [0.717, 1.165) is 16.8 Å². The minimum absolute atomic E-state index is 0.0259. The Hall–Kier alpha value is -2.73. The second-order valence-corrected chi connectivity index (χ2v) is 8.87. The highest BCUT2D eigenvalue weighted by atomic mass is 35.5. The Morgan fingerprint density at radius 2 is 1.87 bits per heavy atom. The predicted molar refractivity (Wildman–Crippen MR) is 123 cm³/mol. The van der Waals surface area contributed by atoms with Gasteiger partial charge in [0.05, 0.1) is 12.2 Å². The van der Waals surface area contributed by atoms with E-state index < -0.39 is 0 Å². The van der Waals surface area contributed by atoms with Crippen LogP contribution in [0.25, 0.3) is 0 Å². The second-order valence-electron chi connectivity index (χ2n) is 8.43. The van der Waals surface area contributed by atoms with Crippen molar-refractivity contribution in [1.82, 2.24) is 4.90 Å². The third kappa shape index (κ3) is 4.49. The second kappa shape index (κ2) is 8.79. The van der Waals surface area contributed by atoms with E-state index in [0.29, 0.717) is 48.9 Å². The first kappa shape index (κ1) is 21.5. The minimum atomic E-state index is -0.102. The minimum Gasteiger partial charge on any atom is -0.487 e. The Bertz CT molecular complexity index is 1000. The topological polar surface area (TPSA) is 61.9 Å². The number of urea groups is 1. The van der Waals surface area contributed by atoms with Gasteiger partial charge in [-0.15, -0.1) is 0 Å². The number of anilines is 2. The summed E-state index contributed by atoms with van der Waals surface area (Å²) >= 11 is 6.16. The lowest BCUT2D eigenvalue weighted by Crippen LogP contribution is -2.51. The molecular weight excluding hydrogens is 414 g/mol. The number of nitrogens with one attached hydrogen (secondary N) is 1. The molecule has 1 unspecified atom stereocenters. The van der Waals surface area contributed by atoms with E-state index in [-0.39, 0.29) is 24.0 Å². The van der Waals surface area contributed by atoms with Crippen LogP contribution >= 0.6 is 11.6 Å². The van der Waals surface area contributed by atoms with Crippen molar-refractivity contribution in [1.29, 1.82) is 0 Å². The molecule has 1 atom stereocenters. The molecule has 0 radical (unpaired) electrons. The van der Waals surface area contributed by atoms with Crippen molar-refractivity contribution in [2.75, 3.05) is 29.9 Å². The molecule has 6 nitrogen and oxygen atoms in total. The SMILES string of the molecule is Cc1cccc(NC(=O)C2CCN(C(=O)N3CC(C)Oc4ccc(Cl)cc43)CC2)c1C. The van der Waals surface area contributed by atoms with Crippen LogP contribution in [0.4, 0.5) is 16.2 Å². The summed E-state index contributed by atoms with van der Waals surface area (Å²) < 4.78 is 5.85. The van der Waals surface area contributed by atoms with Crippen LogP contribution in [0.2, 0.25) is 5.02 Å². The maximum atomic E-state index is 13.3. The van der Waals surface area contributed by atoms with Gasteiger partial charge in [0.15, 0.2) is 0 Å². The Labute approximate surface area is 188 Å². The van der Waals surface area contributed by atoms with E-state index in [2.05, 4.69) is 5.32 Å². The molecule has 0 saturated carbocycles. The Morgan fingerprint density at radius 3 is 2.61 bits per heavy atom. The number of carbonyl (C=O) groups is 2. The average Bonchev–Trinajstić information content (AvgIpc) is 2.76. The Morgan fingerprint density at radius 1 is 1.13 bits per heavy atom. The molecule has 3 amide bonds. The van der Waals surface area contributed by atoms with E-state index in [1.807, 2.05) is 43.9 Å². The third-order valence-electron chi connectivity index (χ3n) is 6.21. The molecule has 0 bridgehead atoms. The van der Waals surface area contributed by atoms with Crippen molar-refractivity contribution in [3.63, 3.8) is 0 Å². The van der Waals surface area contributed by atoms with Gasteiger partial charge in [-0.25, -0.2) is 4.79 Å². The summed E-state index contributed by atoms with van der Waals surface area (Å²) in [7, 11) is 0. The normalized spacial score (nSPS) is 18.9. The number of fused-ring (bicyclic) bond motifs is 1. The smallest absolute Gasteiger partial charge is 0.324 e. The number of hydrogen-bond acceptors (Lipinski definition) is 3. The molecule has 2 aromatic rings. The average molecular weight is 442 g/mol. The molecule has 4 rings (SSSR count). The molecule has 1 fully saturated rings. The summed E-state index contributed by atoms with van der Waals surface area (Å²) in [5, 5.41) is 3.64. The number of piperidine rings is 1. The zero-order valence-electron chi connectivity index (χ0n) is 18.2. The van der Waals surface area contributed by atoms with Gasteiger partial charge in [-0.1, -0.05) is 23.7 Å². The van der Waals surface area contributed by atoms with Crippen LogP contribution in [0.15, 0.2) is 36.4 Å². The first-order valence-corrected chi connectivity index (χ1v) is 11.1. The van der Waals surface area contributed by atoms with Crippen molar-refractivity contribution in [2.45, 2.75) is 39.7 Å². The van der Waals surface area contributed by atoms with Crippen molar-refractivity contribution < 1.29 is 14.3 Å². The van der Waals surface area contributed by atoms with Crippen LogP contribution in [0.3, 0.4) is 0 Å². The Balaban J connectivity index is 1.40. The fraction of sp³-hybridized carbons (Fsp3) is 0.417. The summed E-state index contributed by atoms with van der Waals surface area (Å²) in [5.74, 6) is 0.589. The zero-order chi connectivity index (χ0) is 22.1. The highest BCUT2D eigenvalue weighted by Gasteiger charge is 2.34. The van der Waals surface area contributed by atoms with Gasteiger partial charge in [0.1, 0.15) is 11.9 Å². The van der Waals surface area contributed by atoms with Gasteiger partial charge >= 0.3 is 6.03 Å². The molecule has 2 aromatic carbocycles. The largest absolute Gasteiger partial charge is 0.487 e. The maximum absolute atomic E-state index is 13.3. The van der Waals surface area contributed by atoms with Crippen LogP contribution in [0.5, 0.6) is 5.75 Å². The number of benzene rings is 2. The van der Waals surface area contributed by atoms with Crippen LogP contribution in [-0.2, 0) is 4.79 Å². The van der Waals surface area contributed by atoms with Crippen molar-refractivity contribution in [3.05, 3.63) is 52.5 Å². The zero-order valence-corrected chi connectivity index (χ0v) is 18.9. The number of carbonyl (C=O) groups excluding carboxylic acids is 2. The molecule has 7 heteroatoms. The van der Waals surface area contributed by atoms with Gasteiger partial charge in [-0.3, -0.25) is 9.69 Å². The summed E-state index contributed by atoms with van der Waals surface area (Å²) in [5.41, 5.74) is 3.80. The molecule has 164 valence electrons. The standard InChI is InChI=1S/C24H28ClN3O3/c1-15-5-4-6-20(17(15)3)26-23(29)18-9-11-27(12-10-18)24(30)28-14-16(2)31-22-8-7-19(25)13-21(22)28/h4-8,13,16,18H,9-12,14H2,1-3H3,(H,26,29). The molecule has 0 spiro atoms. The molecule has 31 heavy (non-hydrogen) atoms. The summed E-state index contributed by atoms with van der Waals surface area (Å²) in [4.78, 5) is 29.6. The van der Waals surface area contributed by atoms with Gasteiger partial charge < -0.3 is 15.0 Å². The third-order valence-corrected chi connectivity index (χ3v) is 6.44. The quantitative estimate of drug-likeness (QED) is 0.712. The van der Waals surface area contributed by atoms with Crippen molar-refractivity contribution >= 4 is 34.9 Å². The van der Waals surface area contributed by atoms with Gasteiger partial charge in [-0.2, -0.15) is 0 Å². The molecular formula is C24H28ClN3O3. The van der Waals surface area contributed by atoms with Gasteiger partial charge in [0.2, 0.25) is 5.91 Å². The van der Waals surface area contributed by atoms with Gasteiger partial charge in [-0.05, 0) is 69.0 Å². The van der Waals surface area contributed by atoms with E-state index in [4.69, 9.17) is 16.3 Å². The van der Waals surface area contributed by atoms with Crippen molar-refractivity contribution in [3.8, 4) is 5.75 Å². The molecule has 2 aliphatic rings. The molecule has 0 aromatic heterocycles. The first-order valence-electron chi connectivity index (χ1n) is 10.7. The van der Waals surface area contributed by atoms with Gasteiger partial charge in [0.25, 0.3) is 0 Å². The number of rotatable bonds is 2. The van der Waals surface area contributed by atoms with Crippen LogP contribution < -0.4 is 15.0 Å². The molecule has 1 saturated heterocycles. The van der Waals surface area contributed by atoms with E-state index >= 15 is 0 Å². The van der Waals surface area contributed by atoms with Gasteiger partial charge in [0, 0.05) is 29.7 Å². The monoisotopic (exact) mass is 441 g/mol. The van der Waals surface area contributed by atoms with Crippen LogP contribution in [0, 0.1) is 19.8 Å². The number of halogens is 1. The van der Waals surface area contributed by atoms with E-state index in [9.17, 15) is 9.59 Å². The lowest BCUT2D eigenvalue weighted by atomic mass is 9.95. The number of likely N-dealkylation sites (tertiary alicyclic amines) is 1. The number of ether oxygens (including phenoxy) is 1. The number of amides is 3. The molecule has 2 aliphatic heterocycles. The molecule has 2 heterocycles. The summed E-state index contributed by atoms with van der Waals surface area (Å²) in [6.07, 6.45) is 1.19. The summed E-state index contributed by atoms with van der Waals surface area (Å²) in [6, 6.07) is 11.2. The lowest BCUT2D eigenvalue weighted by molar-refractivity contribution is -0.121. The number of aryl methyl sites for hydroxylation is 1. The lowest BCUT2D eigenvalue weighted by Gasteiger charge is -2.39. The maximum Gasteiger partial charge on any atom is 0.324 e. The van der Waals surface area contributed by atoms with Crippen LogP contribution in [0.1, 0.15) is 30.9 Å². The molecule has 0 aliphatic carbocycles.